The molecule has 0 spiro atoms. The highest BCUT2D eigenvalue weighted by atomic mass is 16.6. The van der Waals surface area contributed by atoms with Crippen molar-refractivity contribution in [1.29, 1.82) is 0 Å². The summed E-state index contributed by atoms with van der Waals surface area (Å²) in [5, 5.41) is 5.89. The van der Waals surface area contributed by atoms with Crippen LogP contribution < -0.4 is 10.6 Å². The number of likely N-dealkylation sites (tertiary alicyclic amines) is 1. The lowest BCUT2D eigenvalue weighted by atomic mass is 9.90. The number of ether oxygens (including phenoxy) is 2. The molecule has 0 bridgehead atoms. The average molecular weight is 410 g/mol. The Morgan fingerprint density at radius 2 is 1.41 bits per heavy atom. The van der Waals surface area contributed by atoms with Gasteiger partial charge in [-0.25, -0.2) is 9.59 Å². The number of alkyl carbamates (subject to hydrolysis) is 1. The molecule has 29 heavy (non-hydrogen) atoms. The first kappa shape index (κ1) is 23.0. The second-order valence-electron chi connectivity index (χ2n) is 9.79. The van der Waals surface area contributed by atoms with E-state index >= 15 is 0 Å². The number of rotatable bonds is 3. The van der Waals surface area contributed by atoms with Crippen molar-refractivity contribution in [2.45, 2.75) is 90.5 Å². The molecule has 1 saturated carbocycles. The van der Waals surface area contributed by atoms with Crippen LogP contribution in [0.1, 0.15) is 67.2 Å². The van der Waals surface area contributed by atoms with E-state index in [2.05, 4.69) is 10.6 Å². The SMILES string of the molecule is CC(C)(C)OC(=O)N[C@H]1CCCC[C@@H]1NC(=O)C=C1CN(C(=O)OC(C)(C)C)C1. The molecule has 0 unspecified atom stereocenters. The van der Waals surface area contributed by atoms with Crippen LogP contribution in [0, 0.1) is 0 Å². The maximum atomic E-state index is 12.4. The molecule has 0 aromatic heterocycles. The van der Waals surface area contributed by atoms with Gasteiger partial charge < -0.3 is 25.0 Å². The van der Waals surface area contributed by atoms with Crippen LogP contribution in [0.3, 0.4) is 0 Å². The Hall–Kier alpha value is -2.25. The molecule has 2 atom stereocenters. The van der Waals surface area contributed by atoms with Gasteiger partial charge in [0.25, 0.3) is 0 Å². The van der Waals surface area contributed by atoms with E-state index in [0.29, 0.717) is 13.1 Å². The Labute approximate surface area is 173 Å². The molecule has 2 fully saturated rings. The molecule has 8 nitrogen and oxygen atoms in total. The van der Waals surface area contributed by atoms with Crippen LogP contribution in [-0.2, 0) is 14.3 Å². The number of hydrogen-bond donors (Lipinski definition) is 2. The molecule has 1 aliphatic carbocycles. The molecule has 2 N–H and O–H groups in total. The number of nitrogens with zero attached hydrogens (tertiary/aromatic N) is 1. The van der Waals surface area contributed by atoms with Gasteiger partial charge in [-0.15, -0.1) is 0 Å². The summed E-state index contributed by atoms with van der Waals surface area (Å²) in [6.45, 7) is 11.7. The van der Waals surface area contributed by atoms with Crippen molar-refractivity contribution >= 4 is 18.1 Å². The van der Waals surface area contributed by atoms with E-state index in [0.717, 1.165) is 31.3 Å². The molecule has 164 valence electrons. The fourth-order valence-corrected chi connectivity index (χ4v) is 3.34. The third-order valence-corrected chi connectivity index (χ3v) is 4.57. The molecular formula is C21H35N3O5. The Morgan fingerprint density at radius 1 is 0.897 bits per heavy atom. The minimum atomic E-state index is -0.563. The Kier molecular flexibility index (Phi) is 7.19. The van der Waals surface area contributed by atoms with Crippen LogP contribution in [-0.4, -0.2) is 59.4 Å². The highest BCUT2D eigenvalue weighted by Gasteiger charge is 2.32. The molecule has 2 rings (SSSR count). The summed E-state index contributed by atoms with van der Waals surface area (Å²) in [6, 6.07) is -0.289. The maximum absolute atomic E-state index is 12.4. The van der Waals surface area contributed by atoms with Gasteiger partial charge in [-0.2, -0.15) is 0 Å². The largest absolute Gasteiger partial charge is 0.444 e. The summed E-state index contributed by atoms with van der Waals surface area (Å²) in [5.74, 6) is -0.202. The first-order chi connectivity index (χ1) is 13.3. The van der Waals surface area contributed by atoms with Gasteiger partial charge in [-0.05, 0) is 60.0 Å². The van der Waals surface area contributed by atoms with Crippen LogP contribution >= 0.6 is 0 Å². The predicted molar refractivity (Wildman–Crippen MR) is 109 cm³/mol. The molecule has 0 radical (unpaired) electrons. The van der Waals surface area contributed by atoms with Gasteiger partial charge in [0, 0.05) is 25.2 Å². The van der Waals surface area contributed by atoms with E-state index in [4.69, 9.17) is 9.47 Å². The minimum absolute atomic E-state index is 0.136. The summed E-state index contributed by atoms with van der Waals surface area (Å²) in [7, 11) is 0. The molecule has 3 amide bonds. The summed E-state index contributed by atoms with van der Waals surface area (Å²) in [5.41, 5.74) is -0.224. The Morgan fingerprint density at radius 3 is 1.93 bits per heavy atom. The van der Waals surface area contributed by atoms with Crippen LogP contribution in [0.4, 0.5) is 9.59 Å². The fraction of sp³-hybridized carbons (Fsp3) is 0.762. The molecular weight excluding hydrogens is 374 g/mol. The van der Waals surface area contributed by atoms with Gasteiger partial charge in [0.05, 0.1) is 6.04 Å². The molecule has 1 saturated heterocycles. The van der Waals surface area contributed by atoms with E-state index in [-0.39, 0.29) is 24.1 Å². The zero-order valence-electron chi connectivity index (χ0n) is 18.5. The zero-order chi connectivity index (χ0) is 21.8. The van der Waals surface area contributed by atoms with Crippen molar-refractivity contribution in [1.82, 2.24) is 15.5 Å². The van der Waals surface area contributed by atoms with Gasteiger partial charge in [0.15, 0.2) is 0 Å². The standard InChI is InChI=1S/C21H35N3O5/c1-20(2,3)28-18(26)23-16-10-8-7-9-15(16)22-17(25)11-14-12-24(13-14)19(27)29-21(4,5)6/h11,15-16H,7-10,12-13H2,1-6H3,(H,22,25)(H,23,26)/t15-,16-/m0/s1. The predicted octanol–water partition coefficient (Wildman–Crippen LogP) is 3.12. The quantitative estimate of drug-likeness (QED) is 0.698. The summed E-state index contributed by atoms with van der Waals surface area (Å²) in [4.78, 5) is 38.0. The van der Waals surface area contributed by atoms with E-state index in [1.54, 1.807) is 11.0 Å². The smallest absolute Gasteiger partial charge is 0.410 e. The number of nitrogens with one attached hydrogen (secondary N) is 2. The van der Waals surface area contributed by atoms with E-state index < -0.39 is 17.3 Å². The average Bonchev–Trinajstić information content (AvgIpc) is 2.48. The molecule has 1 heterocycles. The molecule has 2 aliphatic rings. The van der Waals surface area contributed by atoms with E-state index in [1.807, 2.05) is 41.5 Å². The number of amides is 3. The third kappa shape index (κ3) is 7.95. The summed E-state index contributed by atoms with van der Waals surface area (Å²) >= 11 is 0. The van der Waals surface area contributed by atoms with Crippen LogP contribution in [0.25, 0.3) is 0 Å². The normalized spacial score (nSPS) is 22.3. The van der Waals surface area contributed by atoms with Gasteiger partial charge >= 0.3 is 12.2 Å². The first-order valence-electron chi connectivity index (χ1n) is 10.3. The van der Waals surface area contributed by atoms with Crippen LogP contribution in [0.2, 0.25) is 0 Å². The van der Waals surface area contributed by atoms with Crippen LogP contribution in [0.5, 0.6) is 0 Å². The van der Waals surface area contributed by atoms with Gasteiger partial charge in [0.1, 0.15) is 11.2 Å². The second kappa shape index (κ2) is 9.05. The van der Waals surface area contributed by atoms with E-state index in [9.17, 15) is 14.4 Å². The van der Waals surface area contributed by atoms with Crippen molar-refractivity contribution in [3.05, 3.63) is 11.6 Å². The monoisotopic (exact) mass is 409 g/mol. The molecule has 8 heteroatoms. The molecule has 0 aromatic rings. The Balaban J connectivity index is 1.83. The number of carbonyl (C=O) groups is 3. The molecule has 1 aliphatic heterocycles. The van der Waals surface area contributed by atoms with E-state index in [1.165, 1.54) is 0 Å². The van der Waals surface area contributed by atoms with Crippen molar-refractivity contribution in [2.24, 2.45) is 0 Å². The van der Waals surface area contributed by atoms with Gasteiger partial charge in [-0.1, -0.05) is 12.8 Å². The van der Waals surface area contributed by atoms with Gasteiger partial charge in [-0.3, -0.25) is 4.79 Å². The summed E-state index contributed by atoms with van der Waals surface area (Å²) in [6.07, 6.45) is 4.31. The highest BCUT2D eigenvalue weighted by Crippen LogP contribution is 2.21. The highest BCUT2D eigenvalue weighted by molar-refractivity contribution is 5.89. The van der Waals surface area contributed by atoms with Crippen molar-refractivity contribution < 1.29 is 23.9 Å². The third-order valence-electron chi connectivity index (χ3n) is 4.57. The fourth-order valence-electron chi connectivity index (χ4n) is 3.34. The zero-order valence-corrected chi connectivity index (χ0v) is 18.5. The van der Waals surface area contributed by atoms with Crippen molar-refractivity contribution in [3.63, 3.8) is 0 Å². The lowest BCUT2D eigenvalue weighted by Gasteiger charge is -2.36. The van der Waals surface area contributed by atoms with Crippen LogP contribution in [0.15, 0.2) is 11.6 Å². The topological polar surface area (TPSA) is 97.0 Å². The molecule has 0 aromatic carbocycles. The van der Waals surface area contributed by atoms with Crippen molar-refractivity contribution in [3.8, 4) is 0 Å². The Bertz CT molecular complexity index is 652. The second-order valence-corrected chi connectivity index (χ2v) is 9.79. The van der Waals surface area contributed by atoms with Gasteiger partial charge in [0.2, 0.25) is 5.91 Å². The first-order valence-corrected chi connectivity index (χ1v) is 10.3. The number of carbonyl (C=O) groups excluding carboxylic acids is 3. The maximum Gasteiger partial charge on any atom is 0.410 e. The lowest BCUT2D eigenvalue weighted by Crippen LogP contribution is -2.54. The lowest BCUT2D eigenvalue weighted by molar-refractivity contribution is -0.117. The number of hydrogen-bond acceptors (Lipinski definition) is 5. The minimum Gasteiger partial charge on any atom is -0.444 e. The van der Waals surface area contributed by atoms with Crippen molar-refractivity contribution in [2.75, 3.05) is 13.1 Å². The summed E-state index contributed by atoms with van der Waals surface area (Å²) < 4.78 is 10.6.